The molecule has 0 saturated carbocycles. The average molecular weight is 505 g/mol. The Hall–Kier alpha value is -3.93. The van der Waals surface area contributed by atoms with E-state index in [-0.39, 0.29) is 39.4 Å². The van der Waals surface area contributed by atoms with E-state index >= 15 is 0 Å². The molecule has 12 heteroatoms. The van der Waals surface area contributed by atoms with Crippen molar-refractivity contribution >= 4 is 26.6 Å². The van der Waals surface area contributed by atoms with E-state index in [0.29, 0.717) is 23.8 Å². The number of hydrogen-bond acceptors (Lipinski definition) is 6. The van der Waals surface area contributed by atoms with Crippen LogP contribution in [0, 0.1) is 11.6 Å². The zero-order valence-corrected chi connectivity index (χ0v) is 19.9. The predicted molar refractivity (Wildman–Crippen MR) is 127 cm³/mol. The Bertz CT molecular complexity index is 1580. The molecule has 184 valence electrons. The van der Waals surface area contributed by atoms with E-state index in [0.717, 1.165) is 12.1 Å². The summed E-state index contributed by atoms with van der Waals surface area (Å²) in [4.78, 5) is 19.3. The lowest BCUT2D eigenvalue weighted by Gasteiger charge is -2.15. The minimum absolute atomic E-state index is 0.126. The summed E-state index contributed by atoms with van der Waals surface area (Å²) in [6, 6.07) is 7.27. The third kappa shape index (κ3) is 4.97. The number of rotatable bonds is 8. The van der Waals surface area contributed by atoms with Crippen LogP contribution in [-0.4, -0.2) is 35.3 Å². The molecule has 2 aromatic heterocycles. The van der Waals surface area contributed by atoms with Gasteiger partial charge in [0, 0.05) is 36.1 Å². The van der Waals surface area contributed by atoms with E-state index in [1.807, 2.05) is 0 Å². The minimum Gasteiger partial charge on any atom is -0.454 e. The summed E-state index contributed by atoms with van der Waals surface area (Å²) in [5.41, 5.74) is 0.870. The zero-order chi connectivity index (χ0) is 25.3. The quantitative estimate of drug-likeness (QED) is 0.393. The van der Waals surface area contributed by atoms with E-state index in [1.54, 1.807) is 14.0 Å². The number of ether oxygens (including phenoxy) is 1. The van der Waals surface area contributed by atoms with Crippen molar-refractivity contribution in [2.75, 3.05) is 17.1 Å². The van der Waals surface area contributed by atoms with Crippen molar-refractivity contribution < 1.29 is 26.8 Å². The van der Waals surface area contributed by atoms with Crippen LogP contribution in [0.25, 0.3) is 22.0 Å². The maximum Gasteiger partial charge on any atom is 0.261 e. The van der Waals surface area contributed by atoms with Crippen LogP contribution in [-0.2, 0) is 17.1 Å². The largest absolute Gasteiger partial charge is 0.454 e. The fraction of sp³-hybridized carbons (Fsp3) is 0.217. The molecule has 4 rings (SSSR count). The third-order valence-electron chi connectivity index (χ3n) is 5.12. The van der Waals surface area contributed by atoms with E-state index in [1.165, 1.54) is 46.9 Å². The van der Waals surface area contributed by atoms with Crippen molar-refractivity contribution in [2.45, 2.75) is 13.8 Å². The maximum absolute atomic E-state index is 14.3. The van der Waals surface area contributed by atoms with Gasteiger partial charge in [-0.05, 0) is 44.2 Å². The van der Waals surface area contributed by atoms with Crippen molar-refractivity contribution in [3.8, 4) is 22.6 Å². The molecule has 0 spiro atoms. The second-order valence-corrected chi connectivity index (χ2v) is 9.57. The lowest BCUT2D eigenvalue weighted by atomic mass is 10.0. The van der Waals surface area contributed by atoms with Crippen LogP contribution in [0.1, 0.15) is 13.8 Å². The molecule has 0 atom stereocenters. The highest BCUT2D eigenvalue weighted by molar-refractivity contribution is 7.92. The number of pyridine rings is 1. The van der Waals surface area contributed by atoms with Gasteiger partial charge in [0.1, 0.15) is 23.7 Å². The fourth-order valence-corrected chi connectivity index (χ4v) is 4.06. The molecular formula is C23H22F2N4O5S. The van der Waals surface area contributed by atoms with Crippen molar-refractivity contribution in [3.63, 3.8) is 0 Å². The Balaban J connectivity index is 1.95. The SMILES string of the molecule is CCOn1cc2c(=O)n(C)cc(-c3cc(NS(=O)(=O)CC)ccc3Oc3ccc(F)cc3F)c2n1. The normalized spacial score (nSPS) is 11.6. The Morgan fingerprint density at radius 3 is 2.46 bits per heavy atom. The molecule has 0 aliphatic rings. The van der Waals surface area contributed by atoms with Gasteiger partial charge < -0.3 is 14.1 Å². The monoisotopic (exact) mass is 504 g/mol. The molecule has 9 nitrogen and oxygen atoms in total. The van der Waals surface area contributed by atoms with Gasteiger partial charge in [-0.15, -0.1) is 9.94 Å². The second kappa shape index (κ2) is 9.37. The molecular weight excluding hydrogens is 482 g/mol. The number of hydrogen-bond donors (Lipinski definition) is 1. The number of nitrogens with one attached hydrogen (secondary N) is 1. The Labute approximate surface area is 199 Å². The van der Waals surface area contributed by atoms with Gasteiger partial charge in [-0.3, -0.25) is 9.52 Å². The first-order valence-corrected chi connectivity index (χ1v) is 12.3. The second-order valence-electron chi connectivity index (χ2n) is 7.56. The molecule has 0 aliphatic carbocycles. The molecule has 0 amide bonds. The number of benzene rings is 2. The number of aryl methyl sites for hydroxylation is 1. The highest BCUT2D eigenvalue weighted by Gasteiger charge is 2.20. The standard InChI is InChI=1S/C23H22F2N4O5S/c1-4-33-29-13-18-22(26-29)17(12-28(3)23(18)30)16-11-15(27-35(31,32)5-2)7-9-20(16)34-21-8-6-14(24)10-19(21)25/h6-13,27H,4-5H2,1-3H3. The summed E-state index contributed by atoms with van der Waals surface area (Å²) in [5.74, 6) is -1.94. The van der Waals surface area contributed by atoms with Gasteiger partial charge in [0.05, 0.1) is 17.3 Å². The number of sulfonamides is 1. The van der Waals surface area contributed by atoms with Crippen LogP contribution in [0.5, 0.6) is 11.5 Å². The number of halogens is 2. The van der Waals surface area contributed by atoms with Gasteiger partial charge in [0.2, 0.25) is 10.0 Å². The Kier molecular flexibility index (Phi) is 6.48. The van der Waals surface area contributed by atoms with Gasteiger partial charge in [-0.2, -0.15) is 0 Å². The smallest absolute Gasteiger partial charge is 0.261 e. The molecule has 0 aliphatic heterocycles. The summed E-state index contributed by atoms with van der Waals surface area (Å²) in [5, 5.41) is 4.59. The maximum atomic E-state index is 14.3. The van der Waals surface area contributed by atoms with E-state index in [2.05, 4.69) is 9.82 Å². The minimum atomic E-state index is -3.60. The number of anilines is 1. The molecule has 2 heterocycles. The van der Waals surface area contributed by atoms with Gasteiger partial charge in [-0.1, -0.05) is 0 Å². The fourth-order valence-electron chi connectivity index (χ4n) is 3.43. The van der Waals surface area contributed by atoms with Crippen LogP contribution >= 0.6 is 0 Å². The molecule has 2 aromatic carbocycles. The molecule has 0 radical (unpaired) electrons. The van der Waals surface area contributed by atoms with Crippen molar-refractivity contribution in [3.05, 3.63) is 70.8 Å². The van der Waals surface area contributed by atoms with Crippen LogP contribution in [0.4, 0.5) is 14.5 Å². The summed E-state index contributed by atoms with van der Waals surface area (Å²) in [6.07, 6.45) is 2.95. The van der Waals surface area contributed by atoms with Crippen LogP contribution in [0.15, 0.2) is 53.6 Å². The number of aromatic nitrogens is 3. The highest BCUT2D eigenvalue weighted by Crippen LogP contribution is 2.38. The van der Waals surface area contributed by atoms with E-state index < -0.39 is 21.7 Å². The van der Waals surface area contributed by atoms with Gasteiger partial charge in [-0.25, -0.2) is 17.2 Å². The highest BCUT2D eigenvalue weighted by atomic mass is 32.2. The van der Waals surface area contributed by atoms with Crippen molar-refractivity contribution in [1.82, 2.24) is 14.5 Å². The van der Waals surface area contributed by atoms with Crippen molar-refractivity contribution in [1.29, 1.82) is 0 Å². The van der Waals surface area contributed by atoms with Gasteiger partial charge >= 0.3 is 0 Å². The summed E-state index contributed by atoms with van der Waals surface area (Å²) >= 11 is 0. The molecule has 0 saturated heterocycles. The summed E-state index contributed by atoms with van der Waals surface area (Å²) in [7, 11) is -2.05. The molecule has 35 heavy (non-hydrogen) atoms. The first kappa shape index (κ1) is 24.2. The van der Waals surface area contributed by atoms with Crippen LogP contribution < -0.4 is 19.9 Å². The molecule has 0 bridgehead atoms. The van der Waals surface area contributed by atoms with E-state index in [9.17, 15) is 22.0 Å². The Morgan fingerprint density at radius 1 is 1.03 bits per heavy atom. The molecule has 0 unspecified atom stereocenters. The van der Waals surface area contributed by atoms with E-state index in [4.69, 9.17) is 9.57 Å². The molecule has 0 fully saturated rings. The third-order valence-corrected chi connectivity index (χ3v) is 6.43. The van der Waals surface area contributed by atoms with Crippen LogP contribution in [0.2, 0.25) is 0 Å². The topological polar surface area (TPSA) is 104 Å². The van der Waals surface area contributed by atoms with Gasteiger partial charge in [0.25, 0.3) is 5.56 Å². The number of nitrogens with zero attached hydrogens (tertiary/aromatic N) is 3. The lowest BCUT2D eigenvalue weighted by Crippen LogP contribution is -2.16. The average Bonchev–Trinajstić information content (AvgIpc) is 3.23. The van der Waals surface area contributed by atoms with Crippen LogP contribution in [0.3, 0.4) is 0 Å². The molecule has 4 aromatic rings. The lowest BCUT2D eigenvalue weighted by molar-refractivity contribution is 0.0944. The summed E-state index contributed by atoms with van der Waals surface area (Å²) < 4.78 is 61.6. The summed E-state index contributed by atoms with van der Waals surface area (Å²) in [6.45, 7) is 3.56. The zero-order valence-electron chi connectivity index (χ0n) is 19.1. The van der Waals surface area contributed by atoms with Gasteiger partial charge in [0.15, 0.2) is 11.6 Å². The predicted octanol–water partition coefficient (Wildman–Crippen LogP) is 3.68. The van der Waals surface area contributed by atoms with Crippen molar-refractivity contribution in [2.24, 2.45) is 7.05 Å². The first-order chi connectivity index (χ1) is 16.6. The number of fused-ring (bicyclic) bond motifs is 1. The molecule has 1 N–H and O–H groups in total. The Morgan fingerprint density at radius 2 is 1.77 bits per heavy atom. The first-order valence-electron chi connectivity index (χ1n) is 10.6.